The van der Waals surface area contributed by atoms with Gasteiger partial charge in [-0.3, -0.25) is 4.79 Å². The van der Waals surface area contributed by atoms with E-state index < -0.39 is 10.0 Å². The Hall–Kier alpha value is -2.84. The number of sulfonamides is 1. The van der Waals surface area contributed by atoms with Gasteiger partial charge in [-0.2, -0.15) is 4.31 Å². The molecule has 8 heteroatoms. The van der Waals surface area contributed by atoms with E-state index >= 15 is 0 Å². The van der Waals surface area contributed by atoms with Crippen LogP contribution in [0.2, 0.25) is 0 Å². The molecule has 0 spiro atoms. The highest BCUT2D eigenvalue weighted by Crippen LogP contribution is 2.28. The second-order valence-electron chi connectivity index (χ2n) is 7.66. The first-order valence-electron chi connectivity index (χ1n) is 9.63. The first kappa shape index (κ1) is 20.4. The number of benzene rings is 2. The zero-order valence-electron chi connectivity index (χ0n) is 17.0. The third kappa shape index (κ3) is 3.57. The third-order valence-corrected chi connectivity index (χ3v) is 7.51. The number of rotatable bonds is 3. The van der Waals surface area contributed by atoms with Gasteiger partial charge in [-0.05, 0) is 56.2 Å². The van der Waals surface area contributed by atoms with E-state index in [-0.39, 0.29) is 24.5 Å². The van der Waals surface area contributed by atoms with Crippen molar-refractivity contribution in [2.75, 3.05) is 6.54 Å². The molecule has 0 amide bonds. The van der Waals surface area contributed by atoms with Crippen LogP contribution < -0.4 is 5.56 Å². The van der Waals surface area contributed by atoms with Crippen molar-refractivity contribution in [1.29, 1.82) is 0 Å². The van der Waals surface area contributed by atoms with Gasteiger partial charge in [0.15, 0.2) is 0 Å². The first-order valence-corrected chi connectivity index (χ1v) is 11.1. The maximum Gasteiger partial charge on any atom is 0.255 e. The zero-order valence-corrected chi connectivity index (χ0v) is 17.8. The second kappa shape index (κ2) is 7.45. The molecular formula is C22H22FN3O3S. The molecule has 0 atom stereocenters. The number of H-pyrrole nitrogens is 1. The van der Waals surface area contributed by atoms with Crippen molar-refractivity contribution >= 4 is 10.0 Å². The molecular weight excluding hydrogens is 405 g/mol. The maximum absolute atomic E-state index is 13.3. The Morgan fingerprint density at radius 1 is 1.07 bits per heavy atom. The largest absolute Gasteiger partial charge is 0.306 e. The van der Waals surface area contributed by atoms with Crippen LogP contribution in [0.4, 0.5) is 4.39 Å². The van der Waals surface area contributed by atoms with Crippen LogP contribution >= 0.6 is 0 Å². The molecule has 4 rings (SSSR count). The molecule has 0 unspecified atom stereocenters. The Morgan fingerprint density at radius 2 is 1.70 bits per heavy atom. The smallest absolute Gasteiger partial charge is 0.255 e. The first-order chi connectivity index (χ1) is 14.2. The molecule has 2 heterocycles. The van der Waals surface area contributed by atoms with E-state index in [1.807, 2.05) is 19.1 Å². The topological polar surface area (TPSA) is 83.1 Å². The van der Waals surface area contributed by atoms with Crippen LogP contribution in [0, 0.1) is 26.6 Å². The van der Waals surface area contributed by atoms with Gasteiger partial charge in [0.1, 0.15) is 11.6 Å². The highest BCUT2D eigenvalue weighted by molar-refractivity contribution is 7.89. The highest BCUT2D eigenvalue weighted by atomic mass is 32.2. The predicted molar refractivity (Wildman–Crippen MR) is 112 cm³/mol. The van der Waals surface area contributed by atoms with Gasteiger partial charge < -0.3 is 4.98 Å². The van der Waals surface area contributed by atoms with Crippen LogP contribution in [0.5, 0.6) is 0 Å². The summed E-state index contributed by atoms with van der Waals surface area (Å²) in [5.74, 6) is -0.0260. The number of aryl methyl sites for hydroxylation is 3. The number of nitrogens with zero attached hydrogens (tertiary/aromatic N) is 2. The fraction of sp³-hybridized carbons (Fsp3) is 0.273. The molecule has 0 aliphatic carbocycles. The number of hydrogen-bond acceptors (Lipinski definition) is 4. The summed E-state index contributed by atoms with van der Waals surface area (Å²) >= 11 is 0. The summed E-state index contributed by atoms with van der Waals surface area (Å²) in [7, 11) is -3.76. The standard InChI is InChI=1S/C22H22FN3O3S/c1-13-10-14(2)20(15(3)11-13)30(28,29)26-9-8-19-18(12-26)22(27)25-21(24-19)16-4-6-17(23)7-5-16/h4-7,10-11H,8-9,12H2,1-3H3,(H,24,25,27). The van der Waals surface area contributed by atoms with Crippen LogP contribution in [0.15, 0.2) is 46.1 Å². The molecule has 1 aromatic heterocycles. The Kier molecular flexibility index (Phi) is 5.07. The summed E-state index contributed by atoms with van der Waals surface area (Å²) in [6.07, 6.45) is 0.330. The molecule has 3 aromatic rings. The normalized spacial score (nSPS) is 14.5. The molecule has 1 N–H and O–H groups in total. The Morgan fingerprint density at radius 3 is 2.33 bits per heavy atom. The van der Waals surface area contributed by atoms with Crippen molar-refractivity contribution in [3.63, 3.8) is 0 Å². The molecule has 6 nitrogen and oxygen atoms in total. The average molecular weight is 428 g/mol. The SMILES string of the molecule is Cc1cc(C)c(S(=O)(=O)N2CCc3nc(-c4ccc(F)cc4)[nH]c(=O)c3C2)c(C)c1. The van der Waals surface area contributed by atoms with Gasteiger partial charge in [-0.15, -0.1) is 0 Å². The molecule has 156 valence electrons. The lowest BCUT2D eigenvalue weighted by Gasteiger charge is -2.28. The van der Waals surface area contributed by atoms with Crippen LogP contribution in [-0.2, 0) is 23.0 Å². The lowest BCUT2D eigenvalue weighted by atomic mass is 10.1. The fourth-order valence-electron chi connectivity index (χ4n) is 4.05. The maximum atomic E-state index is 13.3. The number of fused-ring (bicyclic) bond motifs is 1. The van der Waals surface area contributed by atoms with Crippen molar-refractivity contribution in [3.05, 3.63) is 80.5 Å². The van der Waals surface area contributed by atoms with Crippen LogP contribution in [0.3, 0.4) is 0 Å². The van der Waals surface area contributed by atoms with Crippen LogP contribution in [0.25, 0.3) is 11.4 Å². The molecule has 0 radical (unpaired) electrons. The van der Waals surface area contributed by atoms with E-state index in [9.17, 15) is 17.6 Å². The quantitative estimate of drug-likeness (QED) is 0.696. The zero-order chi connectivity index (χ0) is 21.6. The summed E-state index contributed by atoms with van der Waals surface area (Å²) in [6, 6.07) is 9.39. The van der Waals surface area contributed by atoms with Crippen molar-refractivity contribution in [2.24, 2.45) is 0 Å². The molecule has 30 heavy (non-hydrogen) atoms. The summed E-state index contributed by atoms with van der Waals surface area (Å²) < 4.78 is 41.2. The number of nitrogens with one attached hydrogen (secondary N) is 1. The molecule has 0 bridgehead atoms. The van der Waals surface area contributed by atoms with E-state index in [0.717, 1.165) is 5.56 Å². The van der Waals surface area contributed by atoms with Gasteiger partial charge in [0.2, 0.25) is 10.0 Å². The summed E-state index contributed by atoms with van der Waals surface area (Å²) in [5, 5.41) is 0. The van der Waals surface area contributed by atoms with Crippen molar-refractivity contribution in [3.8, 4) is 11.4 Å². The molecule has 0 saturated carbocycles. The molecule has 1 aliphatic rings. The Bertz CT molecular complexity index is 1280. The minimum Gasteiger partial charge on any atom is -0.306 e. The van der Waals surface area contributed by atoms with E-state index in [1.165, 1.54) is 16.4 Å². The van der Waals surface area contributed by atoms with Gasteiger partial charge in [0.25, 0.3) is 5.56 Å². The number of aromatic nitrogens is 2. The van der Waals surface area contributed by atoms with E-state index in [2.05, 4.69) is 9.97 Å². The van der Waals surface area contributed by atoms with Gasteiger partial charge in [0, 0.05) is 25.1 Å². The average Bonchev–Trinajstić information content (AvgIpc) is 2.67. The summed E-state index contributed by atoms with van der Waals surface area (Å²) in [4.78, 5) is 20.2. The minimum atomic E-state index is -3.76. The summed E-state index contributed by atoms with van der Waals surface area (Å²) in [6.45, 7) is 5.71. The molecule has 2 aromatic carbocycles. The summed E-state index contributed by atoms with van der Waals surface area (Å²) in [5.41, 5.74) is 3.52. The number of aromatic amines is 1. The lowest BCUT2D eigenvalue weighted by molar-refractivity contribution is 0.385. The van der Waals surface area contributed by atoms with E-state index in [0.29, 0.717) is 45.1 Å². The van der Waals surface area contributed by atoms with Crippen LogP contribution in [-0.4, -0.2) is 29.2 Å². The van der Waals surface area contributed by atoms with Gasteiger partial charge >= 0.3 is 0 Å². The van der Waals surface area contributed by atoms with Crippen molar-refractivity contribution in [1.82, 2.24) is 14.3 Å². The molecule has 0 fully saturated rings. The van der Waals surface area contributed by atoms with E-state index in [1.54, 1.807) is 26.0 Å². The van der Waals surface area contributed by atoms with E-state index in [4.69, 9.17) is 0 Å². The molecule has 0 saturated heterocycles. The second-order valence-corrected chi connectivity index (χ2v) is 9.54. The number of halogens is 1. The molecule has 1 aliphatic heterocycles. The van der Waals surface area contributed by atoms with Gasteiger partial charge in [-0.25, -0.2) is 17.8 Å². The van der Waals surface area contributed by atoms with Crippen molar-refractivity contribution in [2.45, 2.75) is 38.6 Å². The Labute approximate surface area is 174 Å². The lowest BCUT2D eigenvalue weighted by Crippen LogP contribution is -2.40. The minimum absolute atomic E-state index is 0.0313. The fourth-order valence-corrected chi connectivity index (χ4v) is 5.87. The van der Waals surface area contributed by atoms with Crippen molar-refractivity contribution < 1.29 is 12.8 Å². The third-order valence-electron chi connectivity index (χ3n) is 5.35. The van der Waals surface area contributed by atoms with Crippen LogP contribution in [0.1, 0.15) is 27.9 Å². The number of hydrogen-bond donors (Lipinski definition) is 1. The highest BCUT2D eigenvalue weighted by Gasteiger charge is 2.32. The predicted octanol–water partition coefficient (Wildman–Crippen LogP) is 3.25. The van der Waals surface area contributed by atoms with Gasteiger partial charge in [-0.1, -0.05) is 17.7 Å². The Balaban J connectivity index is 1.71. The monoisotopic (exact) mass is 427 g/mol. The van der Waals surface area contributed by atoms with Gasteiger partial charge in [0.05, 0.1) is 16.2 Å².